The molecule has 0 heterocycles. The van der Waals surface area contributed by atoms with E-state index in [0.29, 0.717) is 34.8 Å². The summed E-state index contributed by atoms with van der Waals surface area (Å²) in [5.41, 5.74) is 3.21. The van der Waals surface area contributed by atoms with Gasteiger partial charge in [-0.15, -0.1) is 0 Å². The average molecular weight is 418 g/mol. The van der Waals surface area contributed by atoms with Crippen LogP contribution in [0.4, 0.5) is 4.39 Å². The highest BCUT2D eigenvalue weighted by Gasteiger charge is 2.27. The number of halogens is 1. The highest BCUT2D eigenvalue weighted by Crippen LogP contribution is 2.37. The fourth-order valence-corrected chi connectivity index (χ4v) is 3.44. The molecule has 0 atom stereocenters. The van der Waals surface area contributed by atoms with Crippen LogP contribution in [-0.2, 0) is 6.42 Å². The van der Waals surface area contributed by atoms with Crippen molar-refractivity contribution in [1.29, 1.82) is 0 Å². The standard InChI is InChI=1S/C25H19FO5/c1-29-22-13-17-12-18(24(27)21(17)14-23(22)30-2)11-15-3-9-20(10-4-15)31-25(28)16-5-7-19(26)8-6-16/h3-11,13-14H,12H2,1-2H3/b18-11+. The molecule has 0 N–H and O–H groups in total. The number of hydrogen-bond acceptors (Lipinski definition) is 5. The number of ether oxygens (including phenoxy) is 3. The Balaban J connectivity index is 1.50. The van der Waals surface area contributed by atoms with Crippen molar-refractivity contribution in [2.24, 2.45) is 0 Å². The highest BCUT2D eigenvalue weighted by atomic mass is 19.1. The van der Waals surface area contributed by atoms with Crippen molar-refractivity contribution in [3.63, 3.8) is 0 Å². The summed E-state index contributed by atoms with van der Waals surface area (Å²) in [5.74, 6) is 0.408. The van der Waals surface area contributed by atoms with E-state index in [0.717, 1.165) is 11.1 Å². The fraction of sp³-hybridized carbons (Fsp3) is 0.120. The van der Waals surface area contributed by atoms with Crippen molar-refractivity contribution in [3.8, 4) is 17.2 Å². The summed E-state index contributed by atoms with van der Waals surface area (Å²) in [4.78, 5) is 24.9. The van der Waals surface area contributed by atoms with Crippen LogP contribution in [0.25, 0.3) is 6.08 Å². The molecule has 0 saturated heterocycles. The van der Waals surface area contributed by atoms with Crippen molar-refractivity contribution in [3.05, 3.63) is 94.3 Å². The molecular formula is C25H19FO5. The monoisotopic (exact) mass is 418 g/mol. The molecule has 4 rings (SSSR count). The van der Waals surface area contributed by atoms with Crippen LogP contribution in [0.3, 0.4) is 0 Å². The summed E-state index contributed by atoms with van der Waals surface area (Å²) in [6, 6.07) is 15.5. The molecule has 31 heavy (non-hydrogen) atoms. The van der Waals surface area contributed by atoms with E-state index >= 15 is 0 Å². The number of methoxy groups -OCH3 is 2. The van der Waals surface area contributed by atoms with Gasteiger partial charge in [0.05, 0.1) is 19.8 Å². The van der Waals surface area contributed by atoms with E-state index in [-0.39, 0.29) is 11.3 Å². The lowest BCUT2D eigenvalue weighted by Gasteiger charge is -2.08. The quantitative estimate of drug-likeness (QED) is 0.336. The van der Waals surface area contributed by atoms with Crippen molar-refractivity contribution in [1.82, 2.24) is 0 Å². The van der Waals surface area contributed by atoms with Gasteiger partial charge in [-0.2, -0.15) is 0 Å². The third-order valence-electron chi connectivity index (χ3n) is 5.04. The zero-order valence-corrected chi connectivity index (χ0v) is 17.0. The van der Waals surface area contributed by atoms with E-state index in [2.05, 4.69) is 0 Å². The summed E-state index contributed by atoms with van der Waals surface area (Å²) < 4.78 is 28.9. The Labute approximate surface area is 178 Å². The number of ketones is 1. The Morgan fingerprint density at radius 2 is 1.58 bits per heavy atom. The van der Waals surface area contributed by atoms with Crippen LogP contribution in [-0.4, -0.2) is 26.0 Å². The first kappa shape index (κ1) is 20.3. The number of Topliss-reactive ketones (excluding diaryl/α,β-unsaturated/α-hetero) is 1. The number of fused-ring (bicyclic) bond motifs is 1. The lowest BCUT2D eigenvalue weighted by Crippen LogP contribution is -2.08. The lowest BCUT2D eigenvalue weighted by molar-refractivity contribution is 0.0734. The predicted octanol–water partition coefficient (Wildman–Crippen LogP) is 4.88. The summed E-state index contributed by atoms with van der Waals surface area (Å²) in [6.07, 6.45) is 2.31. The number of rotatable bonds is 5. The maximum Gasteiger partial charge on any atom is 0.343 e. The van der Waals surface area contributed by atoms with Crippen molar-refractivity contribution in [2.45, 2.75) is 6.42 Å². The van der Waals surface area contributed by atoms with Gasteiger partial charge in [-0.05, 0) is 65.7 Å². The number of benzene rings is 3. The molecule has 0 aliphatic heterocycles. The molecule has 1 aliphatic rings. The number of carbonyl (C=O) groups is 2. The number of carbonyl (C=O) groups excluding carboxylic acids is 2. The van der Waals surface area contributed by atoms with E-state index in [1.54, 1.807) is 37.4 Å². The Hall–Kier alpha value is -3.93. The third kappa shape index (κ3) is 4.19. The zero-order valence-electron chi connectivity index (χ0n) is 17.0. The molecule has 0 aromatic heterocycles. The van der Waals surface area contributed by atoms with Crippen LogP contribution in [0.1, 0.15) is 31.8 Å². The zero-order chi connectivity index (χ0) is 22.0. The number of allylic oxidation sites excluding steroid dienone is 1. The van der Waals surface area contributed by atoms with Gasteiger partial charge in [0, 0.05) is 17.6 Å². The summed E-state index contributed by atoms with van der Waals surface area (Å²) >= 11 is 0. The molecule has 0 unspecified atom stereocenters. The summed E-state index contributed by atoms with van der Waals surface area (Å²) in [5, 5.41) is 0. The number of hydrogen-bond donors (Lipinski definition) is 0. The largest absolute Gasteiger partial charge is 0.493 e. The maximum atomic E-state index is 13.0. The minimum atomic E-state index is -0.574. The van der Waals surface area contributed by atoms with Crippen LogP contribution in [0.2, 0.25) is 0 Å². The molecule has 6 heteroatoms. The van der Waals surface area contributed by atoms with Crippen molar-refractivity contribution < 1.29 is 28.2 Å². The SMILES string of the molecule is COc1cc2c(cc1OC)C(=O)/C(=C/c1ccc(OC(=O)c3ccc(F)cc3)cc1)C2. The van der Waals surface area contributed by atoms with Gasteiger partial charge in [-0.25, -0.2) is 9.18 Å². The Bertz CT molecular complexity index is 1180. The summed E-state index contributed by atoms with van der Waals surface area (Å²) in [7, 11) is 3.09. The molecule has 3 aromatic rings. The lowest BCUT2D eigenvalue weighted by atomic mass is 10.1. The molecular weight excluding hydrogens is 399 g/mol. The third-order valence-corrected chi connectivity index (χ3v) is 5.04. The molecule has 0 saturated carbocycles. The van der Waals surface area contributed by atoms with E-state index in [9.17, 15) is 14.0 Å². The van der Waals surface area contributed by atoms with Crippen LogP contribution in [0.15, 0.2) is 66.2 Å². The van der Waals surface area contributed by atoms with Gasteiger partial charge in [-0.3, -0.25) is 4.79 Å². The van der Waals surface area contributed by atoms with E-state index in [1.165, 1.54) is 31.4 Å². The predicted molar refractivity (Wildman–Crippen MR) is 113 cm³/mol. The van der Waals surface area contributed by atoms with E-state index < -0.39 is 11.8 Å². The minimum Gasteiger partial charge on any atom is -0.493 e. The van der Waals surface area contributed by atoms with E-state index in [1.807, 2.05) is 12.1 Å². The average Bonchev–Trinajstić information content (AvgIpc) is 3.08. The van der Waals surface area contributed by atoms with E-state index in [4.69, 9.17) is 14.2 Å². The normalized spacial score (nSPS) is 13.8. The molecule has 0 bridgehead atoms. The second-order valence-corrected chi connectivity index (χ2v) is 7.01. The van der Waals surface area contributed by atoms with Gasteiger partial charge < -0.3 is 14.2 Å². The molecule has 0 spiro atoms. The van der Waals surface area contributed by atoms with Crippen molar-refractivity contribution >= 4 is 17.8 Å². The van der Waals surface area contributed by atoms with Crippen LogP contribution >= 0.6 is 0 Å². The molecule has 1 aliphatic carbocycles. The molecule has 5 nitrogen and oxygen atoms in total. The van der Waals surface area contributed by atoms with Gasteiger partial charge in [0.1, 0.15) is 11.6 Å². The molecule has 156 valence electrons. The Kier molecular flexibility index (Phi) is 5.54. The number of esters is 1. The molecule has 3 aromatic carbocycles. The van der Waals surface area contributed by atoms with Crippen molar-refractivity contribution in [2.75, 3.05) is 14.2 Å². The highest BCUT2D eigenvalue weighted by molar-refractivity contribution is 6.16. The Morgan fingerprint density at radius 3 is 2.23 bits per heavy atom. The first-order valence-electron chi connectivity index (χ1n) is 9.56. The second-order valence-electron chi connectivity index (χ2n) is 7.01. The Morgan fingerprint density at radius 1 is 0.935 bits per heavy atom. The van der Waals surface area contributed by atoms with Gasteiger partial charge >= 0.3 is 5.97 Å². The smallest absolute Gasteiger partial charge is 0.343 e. The molecule has 0 amide bonds. The molecule has 0 fully saturated rings. The van der Waals surface area contributed by atoms with Gasteiger partial charge in [-0.1, -0.05) is 12.1 Å². The summed E-state index contributed by atoms with van der Waals surface area (Å²) in [6.45, 7) is 0. The first-order valence-corrected chi connectivity index (χ1v) is 9.56. The fourth-order valence-electron chi connectivity index (χ4n) is 3.44. The second kappa shape index (κ2) is 8.44. The van der Waals surface area contributed by atoms with Crippen LogP contribution < -0.4 is 14.2 Å². The maximum absolute atomic E-state index is 13.0. The minimum absolute atomic E-state index is 0.0530. The van der Waals surface area contributed by atoms with Gasteiger partial charge in [0.2, 0.25) is 0 Å². The topological polar surface area (TPSA) is 61.8 Å². The van der Waals surface area contributed by atoms with Crippen LogP contribution in [0, 0.1) is 5.82 Å². The van der Waals surface area contributed by atoms with Gasteiger partial charge in [0.25, 0.3) is 0 Å². The molecule has 0 radical (unpaired) electrons. The first-order chi connectivity index (χ1) is 15.0. The van der Waals surface area contributed by atoms with Gasteiger partial charge in [0.15, 0.2) is 17.3 Å². The van der Waals surface area contributed by atoms with Crippen LogP contribution in [0.5, 0.6) is 17.2 Å².